The Balaban J connectivity index is 2.43. The fraction of sp³-hybridized carbons (Fsp3) is 1.00. The molecule has 2 nitrogen and oxygen atoms in total. The van der Waals surface area contributed by atoms with E-state index in [1.54, 1.807) is 0 Å². The van der Waals surface area contributed by atoms with E-state index in [9.17, 15) is 0 Å². The highest BCUT2D eigenvalue weighted by Crippen LogP contribution is 2.43. The monoisotopic (exact) mass is 199 g/mol. The van der Waals surface area contributed by atoms with Crippen LogP contribution in [0.3, 0.4) is 0 Å². The zero-order valence-corrected chi connectivity index (χ0v) is 9.88. The fourth-order valence-electron chi connectivity index (χ4n) is 2.54. The van der Waals surface area contributed by atoms with E-state index in [4.69, 9.17) is 10.5 Å². The van der Waals surface area contributed by atoms with Gasteiger partial charge in [0, 0.05) is 6.04 Å². The average Bonchev–Trinajstić information content (AvgIpc) is 2.63. The lowest BCUT2D eigenvalue weighted by Gasteiger charge is -2.34. The summed E-state index contributed by atoms with van der Waals surface area (Å²) in [6.45, 7) is 7.13. The molecule has 0 aromatic rings. The van der Waals surface area contributed by atoms with Crippen LogP contribution in [0.5, 0.6) is 0 Å². The normalized spacial score (nSPS) is 22.9. The van der Waals surface area contributed by atoms with Gasteiger partial charge in [-0.05, 0) is 38.5 Å². The summed E-state index contributed by atoms with van der Waals surface area (Å²) in [4.78, 5) is 0. The van der Waals surface area contributed by atoms with Crippen LogP contribution < -0.4 is 5.73 Å². The molecule has 0 spiro atoms. The molecule has 0 radical (unpaired) electrons. The summed E-state index contributed by atoms with van der Waals surface area (Å²) in [5.41, 5.74) is 6.63. The molecule has 1 aliphatic carbocycles. The number of hydrogen-bond donors (Lipinski definition) is 1. The maximum atomic E-state index is 6.25. The van der Waals surface area contributed by atoms with Crippen LogP contribution in [-0.2, 0) is 4.74 Å². The second-order valence-corrected chi connectivity index (χ2v) is 4.91. The Morgan fingerprint density at radius 3 is 2.29 bits per heavy atom. The van der Waals surface area contributed by atoms with E-state index in [1.807, 2.05) is 0 Å². The van der Waals surface area contributed by atoms with Crippen LogP contribution >= 0.6 is 0 Å². The number of hydrogen-bond acceptors (Lipinski definition) is 2. The molecule has 0 bridgehead atoms. The van der Waals surface area contributed by atoms with Crippen molar-refractivity contribution in [2.45, 2.75) is 65.0 Å². The Hall–Kier alpha value is -0.0800. The van der Waals surface area contributed by atoms with Gasteiger partial charge in [-0.25, -0.2) is 0 Å². The third kappa shape index (κ3) is 2.71. The summed E-state index contributed by atoms with van der Waals surface area (Å²) < 4.78 is 5.62. The largest absolute Gasteiger partial charge is 0.377 e. The van der Waals surface area contributed by atoms with Crippen LogP contribution in [0.2, 0.25) is 0 Å². The first kappa shape index (κ1) is 12.0. The minimum atomic E-state index is 0.234. The van der Waals surface area contributed by atoms with Gasteiger partial charge in [0.1, 0.15) is 0 Å². The summed E-state index contributed by atoms with van der Waals surface area (Å²) in [6.07, 6.45) is 6.80. The van der Waals surface area contributed by atoms with Crippen molar-refractivity contribution in [1.82, 2.24) is 0 Å². The quantitative estimate of drug-likeness (QED) is 0.739. The van der Waals surface area contributed by atoms with Gasteiger partial charge in [0.05, 0.1) is 12.7 Å². The zero-order chi connectivity index (χ0) is 10.6. The molecule has 84 valence electrons. The van der Waals surface area contributed by atoms with E-state index in [-0.39, 0.29) is 6.04 Å². The molecule has 2 heteroatoms. The number of nitrogens with two attached hydrogens (primary N) is 1. The van der Waals surface area contributed by atoms with Crippen LogP contribution in [0.1, 0.15) is 52.9 Å². The van der Waals surface area contributed by atoms with Crippen molar-refractivity contribution >= 4 is 0 Å². The number of rotatable bonds is 5. The van der Waals surface area contributed by atoms with Crippen LogP contribution in [0.15, 0.2) is 0 Å². The molecule has 14 heavy (non-hydrogen) atoms. The highest BCUT2D eigenvalue weighted by atomic mass is 16.5. The first-order valence-corrected chi connectivity index (χ1v) is 5.98. The SMILES string of the molecule is CCC1(C(N)COC(C)C)CCCC1. The minimum absolute atomic E-state index is 0.234. The van der Waals surface area contributed by atoms with Crippen molar-refractivity contribution < 1.29 is 4.74 Å². The van der Waals surface area contributed by atoms with Gasteiger partial charge in [-0.3, -0.25) is 0 Å². The molecule has 0 aromatic heterocycles. The van der Waals surface area contributed by atoms with Gasteiger partial charge < -0.3 is 10.5 Å². The van der Waals surface area contributed by atoms with Crippen LogP contribution in [-0.4, -0.2) is 18.8 Å². The lowest BCUT2D eigenvalue weighted by Crippen LogP contribution is -2.43. The van der Waals surface area contributed by atoms with Crippen molar-refractivity contribution in [3.05, 3.63) is 0 Å². The third-order valence-electron chi connectivity index (χ3n) is 3.70. The Labute approximate surface area is 88.2 Å². The molecule has 1 saturated carbocycles. The Bertz CT molecular complexity index is 162. The van der Waals surface area contributed by atoms with Gasteiger partial charge in [0.25, 0.3) is 0 Å². The van der Waals surface area contributed by atoms with E-state index in [0.717, 1.165) is 6.61 Å². The van der Waals surface area contributed by atoms with Gasteiger partial charge in [-0.1, -0.05) is 19.8 Å². The Morgan fingerprint density at radius 2 is 1.86 bits per heavy atom. The van der Waals surface area contributed by atoms with Crippen molar-refractivity contribution in [2.75, 3.05) is 6.61 Å². The van der Waals surface area contributed by atoms with E-state index >= 15 is 0 Å². The topological polar surface area (TPSA) is 35.2 Å². The Morgan fingerprint density at radius 1 is 1.29 bits per heavy atom. The highest BCUT2D eigenvalue weighted by Gasteiger charge is 2.37. The molecule has 0 aromatic carbocycles. The lowest BCUT2D eigenvalue weighted by atomic mass is 9.77. The summed E-state index contributed by atoms with van der Waals surface area (Å²) in [6, 6.07) is 0.234. The summed E-state index contributed by atoms with van der Waals surface area (Å²) in [5, 5.41) is 0. The summed E-state index contributed by atoms with van der Waals surface area (Å²) in [5.74, 6) is 0. The maximum Gasteiger partial charge on any atom is 0.0626 e. The predicted molar refractivity (Wildman–Crippen MR) is 60.3 cm³/mol. The van der Waals surface area contributed by atoms with Crippen LogP contribution in [0, 0.1) is 5.41 Å². The molecule has 2 N–H and O–H groups in total. The van der Waals surface area contributed by atoms with Crippen molar-refractivity contribution in [3.63, 3.8) is 0 Å². The van der Waals surface area contributed by atoms with Gasteiger partial charge in [-0.2, -0.15) is 0 Å². The molecule has 0 aliphatic heterocycles. The molecule has 1 rings (SSSR count). The second kappa shape index (κ2) is 5.13. The lowest BCUT2D eigenvalue weighted by molar-refractivity contribution is 0.0347. The molecule has 0 amide bonds. The minimum Gasteiger partial charge on any atom is -0.377 e. The molecule has 0 saturated heterocycles. The van der Waals surface area contributed by atoms with Crippen molar-refractivity contribution in [2.24, 2.45) is 11.1 Å². The van der Waals surface area contributed by atoms with Crippen molar-refractivity contribution in [3.8, 4) is 0 Å². The zero-order valence-electron chi connectivity index (χ0n) is 9.88. The molecular weight excluding hydrogens is 174 g/mol. The van der Waals surface area contributed by atoms with E-state index in [0.29, 0.717) is 11.5 Å². The standard InChI is InChI=1S/C12H25NO/c1-4-12(7-5-6-8-12)11(13)9-14-10(2)3/h10-11H,4-9,13H2,1-3H3. The van der Waals surface area contributed by atoms with E-state index in [2.05, 4.69) is 20.8 Å². The summed E-state index contributed by atoms with van der Waals surface area (Å²) >= 11 is 0. The average molecular weight is 199 g/mol. The predicted octanol–water partition coefficient (Wildman–Crippen LogP) is 2.71. The first-order valence-electron chi connectivity index (χ1n) is 5.98. The second-order valence-electron chi connectivity index (χ2n) is 4.91. The van der Waals surface area contributed by atoms with Crippen LogP contribution in [0.25, 0.3) is 0 Å². The van der Waals surface area contributed by atoms with Gasteiger partial charge in [0.2, 0.25) is 0 Å². The molecule has 1 fully saturated rings. The molecule has 1 aliphatic rings. The van der Waals surface area contributed by atoms with E-state index in [1.165, 1.54) is 32.1 Å². The van der Waals surface area contributed by atoms with Crippen LogP contribution in [0.4, 0.5) is 0 Å². The smallest absolute Gasteiger partial charge is 0.0626 e. The number of ether oxygens (including phenoxy) is 1. The molecular formula is C12H25NO. The fourth-order valence-corrected chi connectivity index (χ4v) is 2.54. The maximum absolute atomic E-state index is 6.25. The third-order valence-corrected chi connectivity index (χ3v) is 3.70. The first-order chi connectivity index (χ1) is 6.60. The van der Waals surface area contributed by atoms with E-state index < -0.39 is 0 Å². The highest BCUT2D eigenvalue weighted by molar-refractivity contribution is 4.92. The Kier molecular flexibility index (Phi) is 4.39. The van der Waals surface area contributed by atoms with Crippen molar-refractivity contribution in [1.29, 1.82) is 0 Å². The summed E-state index contributed by atoms with van der Waals surface area (Å²) in [7, 11) is 0. The van der Waals surface area contributed by atoms with Gasteiger partial charge >= 0.3 is 0 Å². The van der Waals surface area contributed by atoms with Gasteiger partial charge in [-0.15, -0.1) is 0 Å². The molecule has 0 heterocycles. The van der Waals surface area contributed by atoms with Gasteiger partial charge in [0.15, 0.2) is 0 Å². The molecule has 1 atom stereocenters. The molecule has 1 unspecified atom stereocenters.